The first-order chi connectivity index (χ1) is 19.2. The summed E-state index contributed by atoms with van der Waals surface area (Å²) in [5.41, 5.74) is -4.46. The fourth-order valence-corrected chi connectivity index (χ4v) is 10.1. The molecule has 0 amide bonds. The monoisotopic (exact) mass is 584 g/mol. The molecule has 2 heterocycles. The maximum Gasteiger partial charge on any atom is 0.331 e. The number of esters is 1. The molecule has 12 nitrogen and oxygen atoms in total. The van der Waals surface area contributed by atoms with Crippen LogP contribution in [0.5, 0.6) is 0 Å². The number of carbonyl (C=O) groups excluding carboxylic acids is 1. The number of aliphatic hydroxyl groups excluding tert-OH is 6. The van der Waals surface area contributed by atoms with Gasteiger partial charge in [-0.2, -0.15) is 0 Å². The van der Waals surface area contributed by atoms with Crippen molar-refractivity contribution >= 4 is 5.97 Å². The zero-order valence-electron chi connectivity index (χ0n) is 23.5. The predicted octanol–water partition coefficient (Wildman–Crippen LogP) is -1.51. The highest BCUT2D eigenvalue weighted by Gasteiger charge is 2.75. The Bertz CT molecular complexity index is 1080. The Morgan fingerprint density at radius 2 is 1.76 bits per heavy atom. The Labute approximate surface area is 238 Å². The highest BCUT2D eigenvalue weighted by atomic mass is 16.7. The highest BCUT2D eigenvalue weighted by Crippen LogP contribution is 2.70. The van der Waals surface area contributed by atoms with Crippen LogP contribution in [0.2, 0.25) is 0 Å². The second-order valence-electron chi connectivity index (χ2n) is 13.8. The zero-order valence-corrected chi connectivity index (χ0v) is 23.5. The van der Waals surface area contributed by atoms with Gasteiger partial charge in [0.2, 0.25) is 0 Å². The summed E-state index contributed by atoms with van der Waals surface area (Å²) in [6, 6.07) is 0. The number of fused-ring (bicyclic) bond motifs is 5. The van der Waals surface area contributed by atoms with E-state index in [2.05, 4.69) is 0 Å². The van der Waals surface area contributed by atoms with Gasteiger partial charge in [-0.05, 0) is 56.4 Å². The van der Waals surface area contributed by atoms with Crippen LogP contribution in [0.3, 0.4) is 0 Å². The first-order valence-corrected chi connectivity index (χ1v) is 14.9. The van der Waals surface area contributed by atoms with Crippen LogP contribution in [-0.2, 0) is 19.0 Å². The van der Waals surface area contributed by atoms with Crippen LogP contribution >= 0.6 is 0 Å². The summed E-state index contributed by atoms with van der Waals surface area (Å²) in [6.45, 7) is 3.00. The van der Waals surface area contributed by atoms with Crippen LogP contribution in [0.25, 0.3) is 0 Å². The highest BCUT2D eigenvalue weighted by molar-refractivity contribution is 5.85. The molecule has 5 fully saturated rings. The van der Waals surface area contributed by atoms with Gasteiger partial charge in [-0.1, -0.05) is 6.92 Å². The average Bonchev–Trinajstić information content (AvgIpc) is 3.45. The lowest BCUT2D eigenvalue weighted by Gasteiger charge is -2.68. The summed E-state index contributed by atoms with van der Waals surface area (Å²) in [6.07, 6.45) is -6.68. The van der Waals surface area contributed by atoms with Crippen molar-refractivity contribution in [1.29, 1.82) is 0 Å². The fourth-order valence-electron chi connectivity index (χ4n) is 10.1. The number of ether oxygens (including phenoxy) is 3. The molecule has 0 aromatic rings. The number of hydrogen-bond donors (Lipinski definition) is 8. The predicted molar refractivity (Wildman–Crippen MR) is 139 cm³/mol. The fraction of sp³-hybridized carbons (Fsp3) is 0.897. The normalized spacial score (nSPS) is 56.9. The molecule has 0 spiro atoms. The van der Waals surface area contributed by atoms with Gasteiger partial charge in [0.05, 0.1) is 47.6 Å². The number of cyclic esters (lactones) is 1. The number of aliphatic hydroxyl groups is 8. The third-order valence-corrected chi connectivity index (χ3v) is 12.2. The molecule has 2 aliphatic heterocycles. The second kappa shape index (κ2) is 9.91. The van der Waals surface area contributed by atoms with Gasteiger partial charge in [0.25, 0.3) is 0 Å². The molecule has 0 radical (unpaired) electrons. The SMILES string of the molecule is C[C@@H]1O[C@@H](O[C@H]2CC(O)C3(CO)[C@H]4[C@H](O)CC5(C)[C@@H](C6=CC(=O)OC6)CC[C@]5(O)[C@@H]4CC[C@]3(O)C2)[C@H](O)[C@H](O)[C@H]1O. The molecule has 0 aromatic heterocycles. The lowest BCUT2D eigenvalue weighted by atomic mass is 9.40. The van der Waals surface area contributed by atoms with E-state index in [0.717, 1.165) is 5.57 Å². The quantitative estimate of drug-likeness (QED) is 0.140. The van der Waals surface area contributed by atoms with Crippen molar-refractivity contribution in [3.8, 4) is 0 Å². The summed E-state index contributed by atoms with van der Waals surface area (Å²) >= 11 is 0. The van der Waals surface area contributed by atoms with Gasteiger partial charge in [-0.25, -0.2) is 4.79 Å². The molecule has 4 saturated carbocycles. The Morgan fingerprint density at radius 1 is 1.02 bits per heavy atom. The lowest BCUT2D eigenvalue weighted by molar-refractivity contribution is -0.342. The lowest BCUT2D eigenvalue weighted by Crippen LogP contribution is -2.76. The van der Waals surface area contributed by atoms with Crippen molar-refractivity contribution in [2.75, 3.05) is 13.2 Å². The van der Waals surface area contributed by atoms with E-state index in [4.69, 9.17) is 14.2 Å². The van der Waals surface area contributed by atoms with E-state index in [1.165, 1.54) is 13.0 Å². The third kappa shape index (κ3) is 3.99. The Morgan fingerprint density at radius 3 is 2.41 bits per heavy atom. The van der Waals surface area contributed by atoms with Gasteiger partial charge < -0.3 is 55.1 Å². The molecule has 4 aliphatic carbocycles. The van der Waals surface area contributed by atoms with Crippen LogP contribution in [0.4, 0.5) is 0 Å². The van der Waals surface area contributed by atoms with E-state index in [1.54, 1.807) is 0 Å². The molecule has 12 heteroatoms. The molecular formula is C29H44O12. The van der Waals surface area contributed by atoms with E-state index in [1.807, 2.05) is 6.92 Å². The minimum absolute atomic E-state index is 0.0369. The van der Waals surface area contributed by atoms with Crippen molar-refractivity contribution in [1.82, 2.24) is 0 Å². The van der Waals surface area contributed by atoms with Gasteiger partial charge in [0, 0.05) is 30.3 Å². The second-order valence-corrected chi connectivity index (χ2v) is 13.8. The first kappa shape index (κ1) is 29.9. The van der Waals surface area contributed by atoms with Gasteiger partial charge in [0.1, 0.15) is 24.9 Å². The topological polar surface area (TPSA) is 207 Å². The van der Waals surface area contributed by atoms with Crippen molar-refractivity contribution in [3.63, 3.8) is 0 Å². The summed E-state index contributed by atoms with van der Waals surface area (Å²) in [7, 11) is 0. The van der Waals surface area contributed by atoms with E-state index in [0.29, 0.717) is 19.3 Å². The Balaban J connectivity index is 1.28. The van der Waals surface area contributed by atoms with Crippen molar-refractivity contribution in [2.24, 2.45) is 28.6 Å². The standard InChI is InChI=1S/C29H44O12/c1-13-22(34)23(35)24(36)25(40-13)41-15-8-19(32)28(12-30)21-17(3-5-27(28,37)9-15)29(38)6-4-16(14-7-20(33)39-11-14)26(29,2)10-18(21)31/h7,13,15-19,21-25,30-32,34-38H,3-6,8-12H2,1-2H3/t13-,15-,16+,17+,18+,19?,21+,22-,23+,24+,25-,26?,27-,28?,29-/m0/s1. The first-order valence-electron chi connectivity index (χ1n) is 14.9. The van der Waals surface area contributed by atoms with Crippen molar-refractivity contribution < 1.29 is 59.9 Å². The van der Waals surface area contributed by atoms with Crippen molar-refractivity contribution in [2.45, 2.75) is 119 Å². The molecule has 3 unspecified atom stereocenters. The molecule has 232 valence electrons. The summed E-state index contributed by atoms with van der Waals surface area (Å²) in [5.74, 6) is -1.93. The maximum absolute atomic E-state index is 12.4. The van der Waals surface area contributed by atoms with Gasteiger partial charge in [-0.3, -0.25) is 0 Å². The van der Waals surface area contributed by atoms with E-state index < -0.39 is 95.5 Å². The largest absolute Gasteiger partial charge is 0.458 e. The van der Waals surface area contributed by atoms with Gasteiger partial charge in [-0.15, -0.1) is 0 Å². The molecule has 8 N–H and O–H groups in total. The molecule has 0 aromatic carbocycles. The Kier molecular flexibility index (Phi) is 7.22. The minimum atomic E-state index is -1.67. The minimum Gasteiger partial charge on any atom is -0.458 e. The van der Waals surface area contributed by atoms with Crippen molar-refractivity contribution in [3.05, 3.63) is 11.6 Å². The summed E-state index contributed by atoms with van der Waals surface area (Å²) in [4.78, 5) is 11.8. The van der Waals surface area contributed by atoms with Gasteiger partial charge in [0.15, 0.2) is 6.29 Å². The summed E-state index contributed by atoms with van der Waals surface area (Å²) in [5, 5.41) is 89.6. The number of hydrogen-bond acceptors (Lipinski definition) is 12. The molecule has 6 aliphatic rings. The molecule has 41 heavy (non-hydrogen) atoms. The third-order valence-electron chi connectivity index (χ3n) is 12.2. The zero-order chi connectivity index (χ0) is 29.7. The maximum atomic E-state index is 12.4. The van der Waals surface area contributed by atoms with Gasteiger partial charge >= 0.3 is 5.97 Å². The van der Waals surface area contributed by atoms with Crippen LogP contribution in [0.15, 0.2) is 11.6 Å². The molecule has 15 atom stereocenters. The molecule has 6 rings (SSSR count). The molecule has 0 bridgehead atoms. The van der Waals surface area contributed by atoms with E-state index in [-0.39, 0.29) is 38.2 Å². The van der Waals surface area contributed by atoms with Crippen LogP contribution < -0.4 is 0 Å². The molecule has 1 saturated heterocycles. The number of carbonyl (C=O) groups is 1. The Hall–Kier alpha value is -1.19. The number of rotatable bonds is 4. The molecular weight excluding hydrogens is 540 g/mol. The smallest absolute Gasteiger partial charge is 0.331 e. The van der Waals surface area contributed by atoms with E-state index in [9.17, 15) is 45.6 Å². The van der Waals surface area contributed by atoms with Crippen LogP contribution in [-0.4, -0.2) is 120 Å². The van der Waals surface area contributed by atoms with Crippen LogP contribution in [0, 0.1) is 28.6 Å². The van der Waals surface area contributed by atoms with Crippen LogP contribution in [0.1, 0.15) is 58.8 Å². The average molecular weight is 585 g/mol. The van der Waals surface area contributed by atoms with E-state index >= 15 is 0 Å². The summed E-state index contributed by atoms with van der Waals surface area (Å²) < 4.78 is 16.7.